The van der Waals surface area contributed by atoms with Crippen LogP contribution in [0.4, 0.5) is 8.78 Å². The smallest absolute Gasteiger partial charge is 0.153 e. The van der Waals surface area contributed by atoms with E-state index < -0.39 is 31.0 Å². The number of rotatable bonds is 8. The van der Waals surface area contributed by atoms with Gasteiger partial charge < -0.3 is 9.47 Å². The lowest BCUT2D eigenvalue weighted by Crippen LogP contribution is -2.24. The average molecular weight is 334 g/mol. The molecule has 2 unspecified atom stereocenters. The molecular formula is C19H20F2O3. The van der Waals surface area contributed by atoms with Crippen LogP contribution in [-0.4, -0.2) is 33.4 Å². The largest absolute Gasteiger partial charge is 0.496 e. The van der Waals surface area contributed by atoms with Gasteiger partial charge in [-0.25, -0.2) is 8.78 Å². The van der Waals surface area contributed by atoms with Crippen molar-refractivity contribution in [1.29, 1.82) is 0 Å². The van der Waals surface area contributed by atoms with E-state index >= 15 is 0 Å². The van der Waals surface area contributed by atoms with Gasteiger partial charge in [0.2, 0.25) is 0 Å². The number of ether oxygens (including phenoxy) is 2. The Morgan fingerprint density at radius 1 is 0.833 bits per heavy atom. The molecule has 2 aromatic rings. The molecule has 2 aromatic carbocycles. The summed E-state index contributed by atoms with van der Waals surface area (Å²) in [5.41, 5.74) is 0.835. The molecule has 0 saturated carbocycles. The number of benzene rings is 2. The molecule has 24 heavy (non-hydrogen) atoms. The van der Waals surface area contributed by atoms with Crippen LogP contribution < -0.4 is 9.47 Å². The van der Waals surface area contributed by atoms with E-state index in [0.29, 0.717) is 22.6 Å². The van der Waals surface area contributed by atoms with Crippen molar-refractivity contribution in [3.05, 3.63) is 59.7 Å². The van der Waals surface area contributed by atoms with Crippen molar-refractivity contribution in [2.45, 2.75) is 11.8 Å². The molecule has 0 saturated heterocycles. The van der Waals surface area contributed by atoms with Gasteiger partial charge in [0.25, 0.3) is 0 Å². The second kappa shape index (κ2) is 8.43. The van der Waals surface area contributed by atoms with Crippen LogP contribution in [0.3, 0.4) is 0 Å². The molecule has 0 aliphatic rings. The number of hydrogen-bond acceptors (Lipinski definition) is 3. The zero-order valence-corrected chi connectivity index (χ0v) is 13.7. The number of carbonyl (C=O) groups excluding carboxylic acids is 1. The van der Waals surface area contributed by atoms with Gasteiger partial charge in [-0.2, -0.15) is 0 Å². The van der Waals surface area contributed by atoms with Gasteiger partial charge in [0.1, 0.15) is 24.8 Å². The number of para-hydroxylation sites is 2. The Balaban J connectivity index is 2.42. The Labute approximate surface area is 140 Å². The third-order valence-electron chi connectivity index (χ3n) is 4.02. The quantitative estimate of drug-likeness (QED) is 0.730. The van der Waals surface area contributed by atoms with Gasteiger partial charge in [0, 0.05) is 11.1 Å². The molecule has 0 bridgehead atoms. The lowest BCUT2D eigenvalue weighted by atomic mass is 9.84. The SMILES string of the molecule is COc1ccccc1C(CF)C(=O)C(CF)c1ccccc1OC. The lowest BCUT2D eigenvalue weighted by molar-refractivity contribution is -0.122. The topological polar surface area (TPSA) is 35.5 Å². The molecule has 0 radical (unpaired) electrons. The number of ketones is 1. The first-order chi connectivity index (χ1) is 11.7. The molecule has 0 fully saturated rings. The molecule has 0 N–H and O–H groups in total. The summed E-state index contributed by atoms with van der Waals surface area (Å²) in [6.07, 6.45) is 0. The summed E-state index contributed by atoms with van der Waals surface area (Å²) in [7, 11) is 2.90. The molecule has 128 valence electrons. The van der Waals surface area contributed by atoms with Crippen LogP contribution in [0.1, 0.15) is 23.0 Å². The minimum atomic E-state index is -1.09. The van der Waals surface area contributed by atoms with Crippen LogP contribution in [0.15, 0.2) is 48.5 Å². The van der Waals surface area contributed by atoms with E-state index in [-0.39, 0.29) is 0 Å². The summed E-state index contributed by atoms with van der Waals surface area (Å²) in [6, 6.07) is 13.4. The van der Waals surface area contributed by atoms with Crippen molar-refractivity contribution in [2.24, 2.45) is 0 Å². The lowest BCUT2D eigenvalue weighted by Gasteiger charge is -2.22. The van der Waals surface area contributed by atoms with E-state index in [1.54, 1.807) is 48.5 Å². The highest BCUT2D eigenvalue weighted by Crippen LogP contribution is 2.35. The Morgan fingerprint density at radius 3 is 1.54 bits per heavy atom. The third-order valence-corrected chi connectivity index (χ3v) is 4.02. The van der Waals surface area contributed by atoms with Crippen LogP contribution in [0, 0.1) is 0 Å². The number of carbonyl (C=O) groups is 1. The van der Waals surface area contributed by atoms with E-state index in [1.807, 2.05) is 0 Å². The van der Waals surface area contributed by atoms with Gasteiger partial charge in [-0.15, -0.1) is 0 Å². The maximum atomic E-state index is 13.7. The molecule has 0 aromatic heterocycles. The van der Waals surface area contributed by atoms with E-state index in [9.17, 15) is 13.6 Å². The fourth-order valence-electron chi connectivity index (χ4n) is 2.78. The molecule has 2 rings (SSSR count). The van der Waals surface area contributed by atoms with E-state index in [4.69, 9.17) is 9.47 Å². The molecule has 0 aliphatic carbocycles. The van der Waals surface area contributed by atoms with Gasteiger partial charge in [-0.1, -0.05) is 36.4 Å². The van der Waals surface area contributed by atoms with Crippen molar-refractivity contribution in [3.8, 4) is 11.5 Å². The second-order valence-corrected chi connectivity index (χ2v) is 5.30. The summed E-state index contributed by atoms with van der Waals surface area (Å²) in [5.74, 6) is -1.90. The Bertz CT molecular complexity index is 630. The zero-order chi connectivity index (χ0) is 17.5. The molecule has 0 amide bonds. The van der Waals surface area contributed by atoms with Crippen molar-refractivity contribution in [1.82, 2.24) is 0 Å². The van der Waals surface area contributed by atoms with E-state index in [2.05, 4.69) is 0 Å². The molecule has 3 nitrogen and oxygen atoms in total. The van der Waals surface area contributed by atoms with Gasteiger partial charge in [-0.05, 0) is 12.1 Å². The molecular weight excluding hydrogens is 314 g/mol. The van der Waals surface area contributed by atoms with E-state index in [0.717, 1.165) is 0 Å². The molecule has 0 heterocycles. The predicted molar refractivity (Wildman–Crippen MR) is 88.4 cm³/mol. The third kappa shape index (κ3) is 3.55. The summed E-state index contributed by atoms with van der Waals surface area (Å²) in [6.45, 7) is -1.85. The minimum absolute atomic E-state index is 0.408. The molecule has 0 aliphatic heterocycles. The summed E-state index contributed by atoms with van der Waals surface area (Å²) in [4.78, 5) is 12.9. The van der Waals surface area contributed by atoms with Crippen molar-refractivity contribution in [3.63, 3.8) is 0 Å². The first-order valence-electron chi connectivity index (χ1n) is 7.59. The average Bonchev–Trinajstić information content (AvgIpc) is 2.64. The van der Waals surface area contributed by atoms with Crippen LogP contribution in [0.25, 0.3) is 0 Å². The molecule has 2 atom stereocenters. The first-order valence-corrected chi connectivity index (χ1v) is 7.59. The highest BCUT2D eigenvalue weighted by atomic mass is 19.1. The fraction of sp³-hybridized carbons (Fsp3) is 0.316. The summed E-state index contributed by atoms with van der Waals surface area (Å²) >= 11 is 0. The van der Waals surface area contributed by atoms with Crippen molar-refractivity contribution >= 4 is 5.78 Å². The van der Waals surface area contributed by atoms with Gasteiger partial charge in [0.15, 0.2) is 5.78 Å². The number of hydrogen-bond donors (Lipinski definition) is 0. The number of alkyl halides is 2. The van der Waals surface area contributed by atoms with Crippen molar-refractivity contribution in [2.75, 3.05) is 27.6 Å². The highest BCUT2D eigenvalue weighted by Gasteiger charge is 2.32. The Hall–Kier alpha value is -2.43. The van der Waals surface area contributed by atoms with Gasteiger partial charge in [-0.3, -0.25) is 4.79 Å². The van der Waals surface area contributed by atoms with Crippen LogP contribution in [0.2, 0.25) is 0 Å². The maximum Gasteiger partial charge on any atom is 0.153 e. The van der Waals surface area contributed by atoms with Crippen molar-refractivity contribution < 1.29 is 23.0 Å². The second-order valence-electron chi connectivity index (χ2n) is 5.30. The Kier molecular flexibility index (Phi) is 6.29. The predicted octanol–water partition coefficient (Wildman–Crippen LogP) is 4.08. The van der Waals surface area contributed by atoms with Crippen LogP contribution in [0.5, 0.6) is 11.5 Å². The van der Waals surface area contributed by atoms with Gasteiger partial charge in [0.05, 0.1) is 26.1 Å². The molecule has 0 spiro atoms. The monoisotopic (exact) mass is 334 g/mol. The normalized spacial score (nSPS) is 13.2. The number of halogens is 2. The summed E-state index contributed by atoms with van der Waals surface area (Å²) < 4.78 is 37.8. The molecule has 5 heteroatoms. The number of methoxy groups -OCH3 is 2. The zero-order valence-electron chi connectivity index (χ0n) is 13.7. The highest BCUT2D eigenvalue weighted by molar-refractivity contribution is 5.93. The maximum absolute atomic E-state index is 13.7. The van der Waals surface area contributed by atoms with Gasteiger partial charge >= 0.3 is 0 Å². The fourth-order valence-corrected chi connectivity index (χ4v) is 2.78. The Morgan fingerprint density at radius 2 is 1.21 bits per heavy atom. The van der Waals surface area contributed by atoms with E-state index in [1.165, 1.54) is 14.2 Å². The first kappa shape index (κ1) is 17.9. The standard InChI is InChI=1S/C19H20F2O3/c1-23-17-9-5-3-7-13(17)15(11-20)19(22)16(12-21)14-8-4-6-10-18(14)24-2/h3-10,15-16H,11-12H2,1-2H3. The minimum Gasteiger partial charge on any atom is -0.496 e. The summed E-state index contributed by atoms with van der Waals surface area (Å²) in [5, 5.41) is 0. The number of Topliss-reactive ketones (excluding diaryl/α,β-unsaturated/α-hetero) is 1. The van der Waals surface area contributed by atoms with Crippen LogP contribution >= 0.6 is 0 Å². The van der Waals surface area contributed by atoms with Crippen LogP contribution in [-0.2, 0) is 4.79 Å².